The van der Waals surface area contributed by atoms with Gasteiger partial charge in [0.05, 0.1) is 13.2 Å². The molecule has 0 radical (unpaired) electrons. The molecule has 0 saturated heterocycles. The van der Waals surface area contributed by atoms with Crippen LogP contribution in [0.15, 0.2) is 84.9 Å². The number of benzene rings is 3. The summed E-state index contributed by atoms with van der Waals surface area (Å²) in [7, 11) is 0. The molecule has 0 amide bonds. The van der Waals surface area contributed by atoms with Crippen molar-refractivity contribution in [1.29, 1.82) is 0 Å². The Kier molecular flexibility index (Phi) is 6.76. The summed E-state index contributed by atoms with van der Waals surface area (Å²) in [6.07, 6.45) is 0.708. The fourth-order valence-electron chi connectivity index (χ4n) is 3.28. The molecule has 136 valence electrons. The minimum Gasteiger partial charge on any atom is -0.395 e. The van der Waals surface area contributed by atoms with E-state index in [1.165, 1.54) is 11.1 Å². The lowest BCUT2D eigenvalue weighted by Gasteiger charge is -2.31. The quantitative estimate of drug-likeness (QED) is 0.585. The van der Waals surface area contributed by atoms with E-state index in [1.807, 2.05) is 60.7 Å². The third kappa shape index (κ3) is 5.52. The fourth-order valence-corrected chi connectivity index (χ4v) is 3.28. The number of hydrogen-bond acceptors (Lipinski definition) is 2. The van der Waals surface area contributed by atoms with E-state index in [4.69, 9.17) is 6.57 Å². The van der Waals surface area contributed by atoms with Crippen LogP contribution in [0.2, 0.25) is 0 Å². The van der Waals surface area contributed by atoms with Crippen LogP contribution in [0.3, 0.4) is 0 Å². The Labute approximate surface area is 161 Å². The van der Waals surface area contributed by atoms with Crippen LogP contribution in [0, 0.1) is 6.57 Å². The average Bonchev–Trinajstić information content (AvgIpc) is 2.73. The van der Waals surface area contributed by atoms with E-state index in [1.54, 1.807) is 0 Å². The van der Waals surface area contributed by atoms with Gasteiger partial charge in [0.25, 0.3) is 0 Å². The van der Waals surface area contributed by atoms with Crippen molar-refractivity contribution < 1.29 is 5.11 Å². The fraction of sp³-hybridized carbons (Fsp3) is 0.208. The first-order valence-electron chi connectivity index (χ1n) is 9.17. The van der Waals surface area contributed by atoms with Crippen LogP contribution in [0.5, 0.6) is 0 Å². The molecular weight excluding hydrogens is 332 g/mol. The SMILES string of the molecule is [C-]#[N+]c1cccc(C[C@@H](CO)N(Cc2ccccc2)Cc2ccccc2)c1. The molecule has 3 heteroatoms. The molecule has 0 spiro atoms. The second-order valence-corrected chi connectivity index (χ2v) is 6.70. The topological polar surface area (TPSA) is 27.8 Å². The highest BCUT2D eigenvalue weighted by Crippen LogP contribution is 2.20. The van der Waals surface area contributed by atoms with Gasteiger partial charge in [-0.05, 0) is 17.5 Å². The minimum absolute atomic E-state index is 0.0219. The van der Waals surface area contributed by atoms with Crippen molar-refractivity contribution in [3.05, 3.63) is 113 Å². The van der Waals surface area contributed by atoms with E-state index < -0.39 is 0 Å². The molecule has 0 fully saturated rings. The van der Waals surface area contributed by atoms with Crippen LogP contribution >= 0.6 is 0 Å². The zero-order chi connectivity index (χ0) is 18.9. The number of rotatable bonds is 8. The lowest BCUT2D eigenvalue weighted by molar-refractivity contribution is 0.109. The van der Waals surface area contributed by atoms with E-state index in [9.17, 15) is 5.11 Å². The van der Waals surface area contributed by atoms with Gasteiger partial charge in [-0.15, -0.1) is 0 Å². The molecule has 3 aromatic carbocycles. The van der Waals surface area contributed by atoms with E-state index >= 15 is 0 Å². The van der Waals surface area contributed by atoms with Crippen molar-refractivity contribution in [2.75, 3.05) is 6.61 Å². The molecule has 3 rings (SSSR count). The maximum Gasteiger partial charge on any atom is 0.187 e. The smallest absolute Gasteiger partial charge is 0.187 e. The Balaban J connectivity index is 1.82. The molecule has 0 bridgehead atoms. The Morgan fingerprint density at radius 2 is 1.33 bits per heavy atom. The number of nitrogens with zero attached hydrogens (tertiary/aromatic N) is 2. The molecule has 27 heavy (non-hydrogen) atoms. The zero-order valence-electron chi connectivity index (χ0n) is 15.3. The molecular formula is C24H24N2O. The first-order chi connectivity index (χ1) is 13.3. The van der Waals surface area contributed by atoms with Crippen molar-refractivity contribution in [2.45, 2.75) is 25.6 Å². The average molecular weight is 356 g/mol. The summed E-state index contributed by atoms with van der Waals surface area (Å²) < 4.78 is 0. The largest absolute Gasteiger partial charge is 0.395 e. The molecule has 3 aromatic rings. The summed E-state index contributed by atoms with van der Waals surface area (Å²) >= 11 is 0. The van der Waals surface area contributed by atoms with E-state index in [0.717, 1.165) is 18.7 Å². The highest BCUT2D eigenvalue weighted by Gasteiger charge is 2.19. The lowest BCUT2D eigenvalue weighted by atomic mass is 10.0. The van der Waals surface area contributed by atoms with Gasteiger partial charge >= 0.3 is 0 Å². The van der Waals surface area contributed by atoms with Gasteiger partial charge in [-0.25, -0.2) is 4.85 Å². The minimum atomic E-state index is -0.0219. The summed E-state index contributed by atoms with van der Waals surface area (Å²) in [6.45, 7) is 8.82. The normalized spacial score (nSPS) is 11.9. The first-order valence-corrected chi connectivity index (χ1v) is 9.17. The monoisotopic (exact) mass is 356 g/mol. The molecule has 0 aromatic heterocycles. The highest BCUT2D eigenvalue weighted by atomic mass is 16.3. The standard InChI is InChI=1S/C24H24N2O/c1-25-23-14-8-13-22(15-23)16-24(19-27)26(17-20-9-4-2-5-10-20)18-21-11-6-3-7-12-21/h2-15,24,27H,16-19H2/t24-/m0/s1. The highest BCUT2D eigenvalue weighted by molar-refractivity contribution is 5.46. The van der Waals surface area contributed by atoms with Crippen molar-refractivity contribution >= 4 is 5.69 Å². The summed E-state index contributed by atoms with van der Waals surface area (Å²) in [4.78, 5) is 5.83. The zero-order valence-corrected chi connectivity index (χ0v) is 15.3. The molecule has 0 aliphatic carbocycles. The second-order valence-electron chi connectivity index (χ2n) is 6.70. The summed E-state index contributed by atoms with van der Waals surface area (Å²) in [5.74, 6) is 0. The Bertz CT molecular complexity index is 830. The Morgan fingerprint density at radius 1 is 0.778 bits per heavy atom. The molecule has 0 heterocycles. The first kappa shape index (κ1) is 18.8. The van der Waals surface area contributed by atoms with Crippen LogP contribution in [-0.4, -0.2) is 22.7 Å². The van der Waals surface area contributed by atoms with Crippen molar-refractivity contribution in [2.24, 2.45) is 0 Å². The van der Waals surface area contributed by atoms with Gasteiger partial charge in [-0.2, -0.15) is 0 Å². The van der Waals surface area contributed by atoms with Crippen molar-refractivity contribution in [3.8, 4) is 0 Å². The van der Waals surface area contributed by atoms with Gasteiger partial charge in [0, 0.05) is 19.1 Å². The maximum atomic E-state index is 10.1. The molecule has 1 N–H and O–H groups in total. The van der Waals surface area contributed by atoms with Crippen LogP contribution in [-0.2, 0) is 19.5 Å². The van der Waals surface area contributed by atoms with Gasteiger partial charge in [0.15, 0.2) is 5.69 Å². The lowest BCUT2D eigenvalue weighted by Crippen LogP contribution is -2.38. The number of hydrogen-bond donors (Lipinski definition) is 1. The second kappa shape index (κ2) is 9.68. The van der Waals surface area contributed by atoms with Crippen LogP contribution in [0.25, 0.3) is 4.85 Å². The van der Waals surface area contributed by atoms with E-state index in [2.05, 4.69) is 34.0 Å². The molecule has 0 saturated carbocycles. The van der Waals surface area contributed by atoms with Gasteiger partial charge in [-0.1, -0.05) is 90.5 Å². The van der Waals surface area contributed by atoms with Crippen molar-refractivity contribution in [1.82, 2.24) is 4.90 Å². The van der Waals surface area contributed by atoms with Crippen LogP contribution < -0.4 is 0 Å². The maximum absolute atomic E-state index is 10.1. The third-order valence-corrected chi connectivity index (χ3v) is 4.70. The van der Waals surface area contributed by atoms with Gasteiger partial charge in [-0.3, -0.25) is 4.90 Å². The van der Waals surface area contributed by atoms with Gasteiger partial charge in [0.2, 0.25) is 0 Å². The summed E-state index contributed by atoms with van der Waals surface area (Å²) in [6, 6.07) is 28.3. The van der Waals surface area contributed by atoms with Gasteiger partial charge < -0.3 is 5.11 Å². The van der Waals surface area contributed by atoms with Gasteiger partial charge in [0.1, 0.15) is 0 Å². The molecule has 1 atom stereocenters. The third-order valence-electron chi connectivity index (χ3n) is 4.70. The molecule has 3 nitrogen and oxygen atoms in total. The summed E-state index contributed by atoms with van der Waals surface area (Å²) in [5.41, 5.74) is 4.17. The molecule has 0 unspecified atom stereocenters. The van der Waals surface area contributed by atoms with E-state index in [0.29, 0.717) is 12.1 Å². The van der Waals surface area contributed by atoms with Crippen molar-refractivity contribution in [3.63, 3.8) is 0 Å². The van der Waals surface area contributed by atoms with Crippen LogP contribution in [0.1, 0.15) is 16.7 Å². The van der Waals surface area contributed by atoms with Crippen LogP contribution in [0.4, 0.5) is 5.69 Å². The Morgan fingerprint density at radius 3 is 1.85 bits per heavy atom. The Hall–Kier alpha value is -2.93. The predicted molar refractivity (Wildman–Crippen MR) is 109 cm³/mol. The number of aliphatic hydroxyl groups is 1. The molecule has 0 aliphatic heterocycles. The number of aliphatic hydroxyl groups excluding tert-OH is 1. The predicted octanol–water partition coefficient (Wildman–Crippen LogP) is 4.84. The molecule has 0 aliphatic rings. The summed E-state index contributed by atoms with van der Waals surface area (Å²) in [5, 5.41) is 10.1. The van der Waals surface area contributed by atoms with E-state index in [-0.39, 0.29) is 12.6 Å².